The van der Waals surface area contributed by atoms with Crippen LogP contribution in [0.2, 0.25) is 0 Å². The highest BCUT2D eigenvalue weighted by Gasteiger charge is 1.98. The molecular weight excluding hydrogens is 142 g/mol. The number of allylic oxidation sites excluding steroid dienone is 2. The van der Waals surface area contributed by atoms with E-state index in [2.05, 4.69) is 20.9 Å². The van der Waals surface area contributed by atoms with Gasteiger partial charge in [-0.25, -0.2) is 9.67 Å². The first-order valence-electron chi connectivity index (χ1n) is 3.20. The molecule has 0 bridgehead atoms. The van der Waals surface area contributed by atoms with E-state index >= 15 is 0 Å². The van der Waals surface area contributed by atoms with E-state index in [-0.39, 0.29) is 0 Å². The summed E-state index contributed by atoms with van der Waals surface area (Å²) in [5, 5.41) is 3.94. The first kappa shape index (κ1) is 5.96. The third kappa shape index (κ3) is 1.07. The highest BCUT2D eigenvalue weighted by Crippen LogP contribution is 1.97. The molecule has 0 aliphatic carbocycles. The zero-order chi connectivity index (χ0) is 7.52. The van der Waals surface area contributed by atoms with Gasteiger partial charge in [0, 0.05) is 6.20 Å². The van der Waals surface area contributed by atoms with Gasteiger partial charge in [-0.3, -0.25) is 5.43 Å². The lowest BCUT2D eigenvalue weighted by atomic mass is 10.5. The van der Waals surface area contributed by atoms with Crippen LogP contribution in [0.15, 0.2) is 31.0 Å². The largest absolute Gasteiger partial charge is 0.307 e. The third-order valence-corrected chi connectivity index (χ3v) is 1.30. The van der Waals surface area contributed by atoms with Crippen LogP contribution in [0.3, 0.4) is 0 Å². The second-order valence-corrected chi connectivity index (χ2v) is 2.02. The molecule has 0 radical (unpaired) electrons. The van der Waals surface area contributed by atoms with Gasteiger partial charge in [-0.2, -0.15) is 5.10 Å². The molecule has 11 heavy (non-hydrogen) atoms. The Morgan fingerprint density at radius 2 is 2.45 bits per heavy atom. The first-order valence-corrected chi connectivity index (χ1v) is 3.20. The maximum Gasteiger partial charge on any atom is 0.147 e. The van der Waals surface area contributed by atoms with E-state index in [0.717, 1.165) is 5.82 Å². The Kier molecular flexibility index (Phi) is 1.33. The Hall–Kier alpha value is -1.78. The van der Waals surface area contributed by atoms with Crippen LogP contribution in [0.4, 0.5) is 0 Å². The SMILES string of the molecule is C1=CNNC(n2cncn2)=C1. The summed E-state index contributed by atoms with van der Waals surface area (Å²) in [7, 11) is 0. The van der Waals surface area contributed by atoms with Gasteiger partial charge in [-0.15, -0.1) is 0 Å². The Bertz CT molecular complexity index is 284. The highest BCUT2D eigenvalue weighted by atomic mass is 15.5. The second kappa shape index (κ2) is 2.45. The molecule has 1 aliphatic heterocycles. The topological polar surface area (TPSA) is 54.8 Å². The van der Waals surface area contributed by atoms with Crippen molar-refractivity contribution in [2.24, 2.45) is 0 Å². The summed E-state index contributed by atoms with van der Waals surface area (Å²) in [6, 6.07) is 0. The monoisotopic (exact) mass is 149 g/mol. The van der Waals surface area contributed by atoms with Gasteiger partial charge in [0.25, 0.3) is 0 Å². The maximum absolute atomic E-state index is 3.94. The van der Waals surface area contributed by atoms with Crippen molar-refractivity contribution in [3.8, 4) is 0 Å². The Labute approximate surface area is 63.4 Å². The van der Waals surface area contributed by atoms with E-state index in [9.17, 15) is 0 Å². The van der Waals surface area contributed by atoms with Crippen molar-refractivity contribution in [1.29, 1.82) is 0 Å². The molecule has 0 aromatic carbocycles. The molecule has 2 N–H and O–H groups in total. The van der Waals surface area contributed by atoms with Gasteiger partial charge < -0.3 is 5.43 Å². The Morgan fingerprint density at radius 3 is 3.09 bits per heavy atom. The predicted molar refractivity (Wildman–Crippen MR) is 39.7 cm³/mol. The lowest BCUT2D eigenvalue weighted by Crippen LogP contribution is -2.30. The van der Waals surface area contributed by atoms with E-state index < -0.39 is 0 Å². The Balaban J connectivity index is 2.29. The minimum atomic E-state index is 0.852. The van der Waals surface area contributed by atoms with Crippen LogP contribution in [0.5, 0.6) is 0 Å². The zero-order valence-corrected chi connectivity index (χ0v) is 5.73. The summed E-state index contributed by atoms with van der Waals surface area (Å²) < 4.78 is 1.64. The van der Waals surface area contributed by atoms with Gasteiger partial charge in [-0.05, 0) is 12.2 Å². The highest BCUT2D eigenvalue weighted by molar-refractivity contribution is 5.45. The van der Waals surface area contributed by atoms with Gasteiger partial charge in [0.2, 0.25) is 0 Å². The summed E-state index contributed by atoms with van der Waals surface area (Å²) in [5.74, 6) is 0.852. The molecule has 0 saturated carbocycles. The summed E-state index contributed by atoms with van der Waals surface area (Å²) in [6.45, 7) is 0. The quantitative estimate of drug-likeness (QED) is 0.575. The number of hydrogen-bond acceptors (Lipinski definition) is 4. The molecular formula is C6H7N5. The summed E-state index contributed by atoms with van der Waals surface area (Å²) >= 11 is 0. The second-order valence-electron chi connectivity index (χ2n) is 2.02. The van der Waals surface area contributed by atoms with Gasteiger partial charge in [0.15, 0.2) is 0 Å². The molecule has 1 aromatic heterocycles. The van der Waals surface area contributed by atoms with Gasteiger partial charge >= 0.3 is 0 Å². The fraction of sp³-hybridized carbons (Fsp3) is 0. The summed E-state index contributed by atoms with van der Waals surface area (Å²) in [4.78, 5) is 3.82. The molecule has 0 saturated heterocycles. The van der Waals surface area contributed by atoms with E-state index in [1.807, 2.05) is 12.2 Å². The van der Waals surface area contributed by atoms with Crippen molar-refractivity contribution < 1.29 is 0 Å². The number of aromatic nitrogens is 3. The number of nitrogens with one attached hydrogen (secondary N) is 2. The van der Waals surface area contributed by atoms with Crippen LogP contribution in [0.25, 0.3) is 5.82 Å². The lowest BCUT2D eigenvalue weighted by molar-refractivity contribution is 0.709. The molecule has 0 unspecified atom stereocenters. The predicted octanol–water partition coefficient (Wildman–Crippen LogP) is -0.302. The van der Waals surface area contributed by atoms with Gasteiger partial charge in [0.05, 0.1) is 0 Å². The van der Waals surface area contributed by atoms with Crippen molar-refractivity contribution >= 4 is 5.82 Å². The molecule has 2 rings (SSSR count). The Morgan fingerprint density at radius 1 is 1.45 bits per heavy atom. The van der Waals surface area contributed by atoms with Crippen molar-refractivity contribution in [2.45, 2.75) is 0 Å². The van der Waals surface area contributed by atoms with E-state index in [0.29, 0.717) is 0 Å². The molecule has 1 aromatic rings. The number of hydrazine groups is 1. The van der Waals surface area contributed by atoms with Crippen LogP contribution < -0.4 is 10.9 Å². The van der Waals surface area contributed by atoms with Crippen LogP contribution in [0.1, 0.15) is 0 Å². The van der Waals surface area contributed by atoms with Crippen LogP contribution in [-0.4, -0.2) is 14.8 Å². The van der Waals surface area contributed by atoms with Gasteiger partial charge in [0.1, 0.15) is 18.5 Å². The average Bonchev–Trinajstić information content (AvgIpc) is 2.58. The van der Waals surface area contributed by atoms with Gasteiger partial charge in [-0.1, -0.05) is 0 Å². The van der Waals surface area contributed by atoms with Crippen LogP contribution in [0, 0.1) is 0 Å². The fourth-order valence-electron chi connectivity index (χ4n) is 0.811. The van der Waals surface area contributed by atoms with Crippen molar-refractivity contribution in [3.05, 3.63) is 31.0 Å². The third-order valence-electron chi connectivity index (χ3n) is 1.30. The molecule has 1 aliphatic rings. The lowest BCUT2D eigenvalue weighted by Gasteiger charge is -2.11. The van der Waals surface area contributed by atoms with E-state index in [1.165, 1.54) is 6.33 Å². The van der Waals surface area contributed by atoms with Crippen molar-refractivity contribution in [2.75, 3.05) is 0 Å². The minimum Gasteiger partial charge on any atom is -0.307 e. The standard InChI is InChI=1S/C6H7N5/c1-2-6(10-8-3-1)11-5-7-4-9-11/h1-5,8,10H. The van der Waals surface area contributed by atoms with E-state index in [4.69, 9.17) is 0 Å². The molecule has 56 valence electrons. The van der Waals surface area contributed by atoms with E-state index in [1.54, 1.807) is 17.2 Å². The van der Waals surface area contributed by atoms with Crippen LogP contribution in [-0.2, 0) is 0 Å². The molecule has 5 heteroatoms. The first-order chi connectivity index (χ1) is 5.47. The molecule has 0 amide bonds. The minimum absolute atomic E-state index is 0.852. The number of hydrogen-bond donors (Lipinski definition) is 2. The molecule has 0 fully saturated rings. The molecule has 0 spiro atoms. The summed E-state index contributed by atoms with van der Waals surface area (Å²) in [6.07, 6.45) is 8.68. The molecule has 0 atom stereocenters. The normalized spacial score (nSPS) is 15.1. The maximum atomic E-state index is 3.94. The fourth-order valence-corrected chi connectivity index (χ4v) is 0.811. The smallest absolute Gasteiger partial charge is 0.147 e. The zero-order valence-electron chi connectivity index (χ0n) is 5.73. The number of rotatable bonds is 1. The average molecular weight is 149 g/mol. The molecule has 5 nitrogen and oxygen atoms in total. The molecule has 2 heterocycles. The van der Waals surface area contributed by atoms with Crippen LogP contribution >= 0.6 is 0 Å². The van der Waals surface area contributed by atoms with Crippen molar-refractivity contribution in [3.63, 3.8) is 0 Å². The van der Waals surface area contributed by atoms with Crippen molar-refractivity contribution in [1.82, 2.24) is 25.6 Å². The number of nitrogens with zero attached hydrogens (tertiary/aromatic N) is 3. The summed E-state index contributed by atoms with van der Waals surface area (Å²) in [5.41, 5.74) is 5.74.